The van der Waals surface area contributed by atoms with Gasteiger partial charge in [0.2, 0.25) is 0 Å². The SMILES string of the molecule is CCC1(CNC(=NC)NCCC2CC2)CCCC1. The summed E-state index contributed by atoms with van der Waals surface area (Å²) in [7, 11) is 1.87. The summed E-state index contributed by atoms with van der Waals surface area (Å²) in [4.78, 5) is 4.33. The van der Waals surface area contributed by atoms with E-state index in [2.05, 4.69) is 22.5 Å². The average Bonchev–Trinajstić information content (AvgIpc) is 3.10. The smallest absolute Gasteiger partial charge is 0.190 e. The molecule has 2 N–H and O–H groups in total. The van der Waals surface area contributed by atoms with Crippen molar-refractivity contribution in [2.75, 3.05) is 20.1 Å². The van der Waals surface area contributed by atoms with Gasteiger partial charge in [-0.2, -0.15) is 0 Å². The van der Waals surface area contributed by atoms with Crippen LogP contribution in [0.25, 0.3) is 0 Å². The highest BCUT2D eigenvalue weighted by Crippen LogP contribution is 2.40. The van der Waals surface area contributed by atoms with E-state index >= 15 is 0 Å². The normalized spacial score (nSPS) is 23.1. The largest absolute Gasteiger partial charge is 0.356 e. The summed E-state index contributed by atoms with van der Waals surface area (Å²) in [5, 5.41) is 6.98. The Hall–Kier alpha value is -0.730. The Morgan fingerprint density at radius 1 is 1.22 bits per heavy atom. The minimum Gasteiger partial charge on any atom is -0.356 e. The van der Waals surface area contributed by atoms with Gasteiger partial charge in [-0.3, -0.25) is 4.99 Å². The molecule has 0 saturated heterocycles. The first-order valence-corrected chi connectivity index (χ1v) is 7.72. The van der Waals surface area contributed by atoms with Crippen LogP contribution in [0, 0.1) is 11.3 Å². The second-order valence-corrected chi connectivity index (χ2v) is 6.15. The molecule has 0 aromatic carbocycles. The van der Waals surface area contributed by atoms with Gasteiger partial charge in [0, 0.05) is 20.1 Å². The van der Waals surface area contributed by atoms with E-state index in [9.17, 15) is 0 Å². The van der Waals surface area contributed by atoms with E-state index in [1.54, 1.807) is 0 Å². The number of hydrogen-bond donors (Lipinski definition) is 2. The molecule has 18 heavy (non-hydrogen) atoms. The molecule has 0 unspecified atom stereocenters. The molecule has 2 rings (SSSR count). The first-order valence-electron chi connectivity index (χ1n) is 7.72. The molecule has 0 bridgehead atoms. The lowest BCUT2D eigenvalue weighted by molar-refractivity contribution is 0.283. The van der Waals surface area contributed by atoms with Gasteiger partial charge in [0.15, 0.2) is 5.96 Å². The predicted octanol–water partition coefficient (Wildman–Crippen LogP) is 2.92. The van der Waals surface area contributed by atoms with Gasteiger partial charge in [0.1, 0.15) is 0 Å². The Morgan fingerprint density at radius 3 is 2.50 bits per heavy atom. The lowest BCUT2D eigenvalue weighted by Crippen LogP contribution is -2.43. The van der Waals surface area contributed by atoms with Crippen LogP contribution < -0.4 is 10.6 Å². The fraction of sp³-hybridized carbons (Fsp3) is 0.933. The zero-order valence-corrected chi connectivity index (χ0v) is 12.1. The quantitative estimate of drug-likeness (QED) is 0.562. The van der Waals surface area contributed by atoms with Crippen LogP contribution >= 0.6 is 0 Å². The van der Waals surface area contributed by atoms with Crippen molar-refractivity contribution in [3.8, 4) is 0 Å². The molecule has 3 nitrogen and oxygen atoms in total. The van der Waals surface area contributed by atoms with Crippen molar-refractivity contribution in [2.24, 2.45) is 16.3 Å². The van der Waals surface area contributed by atoms with Gasteiger partial charge in [-0.1, -0.05) is 32.6 Å². The molecule has 104 valence electrons. The molecule has 0 aromatic rings. The van der Waals surface area contributed by atoms with Gasteiger partial charge in [0.05, 0.1) is 0 Å². The van der Waals surface area contributed by atoms with E-state index in [1.807, 2.05) is 7.05 Å². The molecule has 2 saturated carbocycles. The van der Waals surface area contributed by atoms with Crippen LogP contribution in [0.5, 0.6) is 0 Å². The monoisotopic (exact) mass is 251 g/mol. The fourth-order valence-electron chi connectivity index (χ4n) is 3.07. The standard InChI is InChI=1S/C15H29N3/c1-3-15(9-4-5-10-15)12-18-14(16-2)17-11-8-13-6-7-13/h13H,3-12H2,1-2H3,(H2,16,17,18). The Labute approximate surface area is 112 Å². The molecular weight excluding hydrogens is 222 g/mol. The lowest BCUT2D eigenvalue weighted by atomic mass is 9.83. The first-order chi connectivity index (χ1) is 8.78. The number of nitrogens with one attached hydrogen (secondary N) is 2. The van der Waals surface area contributed by atoms with Crippen LogP contribution in [0.15, 0.2) is 4.99 Å². The topological polar surface area (TPSA) is 36.4 Å². The van der Waals surface area contributed by atoms with Gasteiger partial charge in [-0.25, -0.2) is 0 Å². The third kappa shape index (κ3) is 3.89. The molecule has 2 fully saturated rings. The van der Waals surface area contributed by atoms with Crippen LogP contribution in [0.4, 0.5) is 0 Å². The fourth-order valence-corrected chi connectivity index (χ4v) is 3.07. The van der Waals surface area contributed by atoms with Crippen molar-refractivity contribution in [1.82, 2.24) is 10.6 Å². The molecule has 2 aliphatic carbocycles. The molecule has 0 aromatic heterocycles. The van der Waals surface area contributed by atoms with E-state index in [1.165, 1.54) is 51.4 Å². The molecule has 0 radical (unpaired) electrons. The van der Waals surface area contributed by atoms with Crippen LogP contribution in [0.3, 0.4) is 0 Å². The van der Waals surface area contributed by atoms with E-state index in [4.69, 9.17) is 0 Å². The Balaban J connectivity index is 1.68. The van der Waals surface area contributed by atoms with Crippen LogP contribution in [-0.2, 0) is 0 Å². The molecule has 0 atom stereocenters. The van der Waals surface area contributed by atoms with Crippen molar-refractivity contribution < 1.29 is 0 Å². The minimum absolute atomic E-state index is 0.536. The molecule has 2 aliphatic rings. The minimum atomic E-state index is 0.536. The third-order valence-corrected chi connectivity index (χ3v) is 4.81. The predicted molar refractivity (Wildman–Crippen MR) is 77.9 cm³/mol. The first kappa shape index (κ1) is 13.7. The highest BCUT2D eigenvalue weighted by molar-refractivity contribution is 5.79. The summed E-state index contributed by atoms with van der Waals surface area (Å²) in [6, 6.07) is 0. The molecule has 0 amide bonds. The van der Waals surface area contributed by atoms with Crippen molar-refractivity contribution >= 4 is 5.96 Å². The van der Waals surface area contributed by atoms with Gasteiger partial charge in [-0.05, 0) is 37.0 Å². The number of rotatable bonds is 6. The second kappa shape index (κ2) is 6.44. The van der Waals surface area contributed by atoms with Crippen LogP contribution in [0.2, 0.25) is 0 Å². The molecular formula is C15H29N3. The highest BCUT2D eigenvalue weighted by Gasteiger charge is 2.31. The van der Waals surface area contributed by atoms with Gasteiger partial charge >= 0.3 is 0 Å². The van der Waals surface area contributed by atoms with Crippen molar-refractivity contribution in [3.05, 3.63) is 0 Å². The maximum absolute atomic E-state index is 4.33. The van der Waals surface area contributed by atoms with Gasteiger partial charge in [0.25, 0.3) is 0 Å². The highest BCUT2D eigenvalue weighted by atomic mass is 15.2. The summed E-state index contributed by atoms with van der Waals surface area (Å²) in [6.45, 7) is 4.49. The number of nitrogens with zero attached hydrogens (tertiary/aromatic N) is 1. The van der Waals surface area contributed by atoms with Gasteiger partial charge < -0.3 is 10.6 Å². The van der Waals surface area contributed by atoms with Crippen molar-refractivity contribution in [2.45, 2.75) is 58.3 Å². The van der Waals surface area contributed by atoms with E-state index < -0.39 is 0 Å². The maximum Gasteiger partial charge on any atom is 0.190 e. The number of guanidine groups is 1. The lowest BCUT2D eigenvalue weighted by Gasteiger charge is -2.28. The summed E-state index contributed by atoms with van der Waals surface area (Å²) >= 11 is 0. The third-order valence-electron chi connectivity index (χ3n) is 4.81. The Bertz CT molecular complexity index is 275. The van der Waals surface area contributed by atoms with Gasteiger partial charge in [-0.15, -0.1) is 0 Å². The Morgan fingerprint density at radius 2 is 1.94 bits per heavy atom. The molecule has 0 aliphatic heterocycles. The average molecular weight is 251 g/mol. The number of hydrogen-bond acceptors (Lipinski definition) is 1. The summed E-state index contributed by atoms with van der Waals surface area (Å²) in [5.74, 6) is 1.99. The molecule has 3 heteroatoms. The summed E-state index contributed by atoms with van der Waals surface area (Å²) in [6.07, 6.45) is 11.1. The number of aliphatic imine (C=N–C) groups is 1. The van der Waals surface area contributed by atoms with E-state index in [0.29, 0.717) is 5.41 Å². The second-order valence-electron chi connectivity index (χ2n) is 6.15. The molecule has 0 heterocycles. The van der Waals surface area contributed by atoms with E-state index in [0.717, 1.165) is 25.0 Å². The summed E-state index contributed by atoms with van der Waals surface area (Å²) < 4.78 is 0. The maximum atomic E-state index is 4.33. The zero-order chi connectivity index (χ0) is 12.8. The van der Waals surface area contributed by atoms with Crippen LogP contribution in [-0.4, -0.2) is 26.1 Å². The zero-order valence-electron chi connectivity index (χ0n) is 12.1. The van der Waals surface area contributed by atoms with E-state index in [-0.39, 0.29) is 0 Å². The van der Waals surface area contributed by atoms with Crippen molar-refractivity contribution in [1.29, 1.82) is 0 Å². The Kier molecular flexibility index (Phi) is 4.90. The van der Waals surface area contributed by atoms with Crippen LogP contribution in [0.1, 0.15) is 58.3 Å². The molecule has 0 spiro atoms. The summed E-state index contributed by atoms with van der Waals surface area (Å²) in [5.41, 5.74) is 0.536. The van der Waals surface area contributed by atoms with Crippen molar-refractivity contribution in [3.63, 3.8) is 0 Å².